The predicted octanol–water partition coefficient (Wildman–Crippen LogP) is 2.98. The zero-order chi connectivity index (χ0) is 15.2. The molecule has 0 unspecified atom stereocenters. The number of carboxylic acids is 1. The van der Waals surface area contributed by atoms with Gasteiger partial charge in [-0.25, -0.2) is 4.79 Å². The number of hydrogen-bond acceptors (Lipinski definition) is 4. The van der Waals surface area contributed by atoms with Gasteiger partial charge in [-0.2, -0.15) is 0 Å². The van der Waals surface area contributed by atoms with E-state index in [1.54, 1.807) is 19.2 Å². The number of methoxy groups -OCH3 is 1. The molecule has 0 amide bonds. The summed E-state index contributed by atoms with van der Waals surface area (Å²) in [5.41, 5.74) is -0.213. The highest BCUT2D eigenvalue weighted by Crippen LogP contribution is 2.32. The van der Waals surface area contributed by atoms with Crippen molar-refractivity contribution < 1.29 is 24.1 Å². The lowest BCUT2D eigenvalue weighted by Crippen LogP contribution is -2.25. The predicted molar refractivity (Wildman–Crippen MR) is 75.8 cm³/mol. The first-order valence-corrected chi connectivity index (χ1v) is 6.58. The number of carbonyl (C=O) groups is 1. The normalized spacial score (nSPS) is 11.2. The molecule has 0 atom stereocenters. The van der Waals surface area contributed by atoms with E-state index < -0.39 is 5.97 Å². The fraction of sp³-hybridized carbons (Fsp3) is 0.533. The summed E-state index contributed by atoms with van der Waals surface area (Å²) in [6.07, 6.45) is 0.642. The summed E-state index contributed by atoms with van der Waals surface area (Å²) in [5, 5.41) is 9.20. The number of hydrogen-bond donors (Lipinski definition) is 1. The quantitative estimate of drug-likeness (QED) is 0.794. The minimum Gasteiger partial charge on any atom is -0.490 e. The van der Waals surface area contributed by atoms with Crippen LogP contribution < -0.4 is 9.47 Å². The fourth-order valence-corrected chi connectivity index (χ4v) is 1.60. The third-order valence-electron chi connectivity index (χ3n) is 3.01. The minimum absolute atomic E-state index is 0.103. The second kappa shape index (κ2) is 7.14. The Labute approximate surface area is 119 Å². The summed E-state index contributed by atoms with van der Waals surface area (Å²) in [4.78, 5) is 11.2. The van der Waals surface area contributed by atoms with Crippen molar-refractivity contribution in [3.05, 3.63) is 23.8 Å². The van der Waals surface area contributed by atoms with Crippen molar-refractivity contribution >= 4 is 5.97 Å². The van der Waals surface area contributed by atoms with E-state index in [4.69, 9.17) is 14.2 Å². The van der Waals surface area contributed by atoms with Gasteiger partial charge in [-0.15, -0.1) is 0 Å². The summed E-state index contributed by atoms with van der Waals surface area (Å²) in [6.45, 7) is 6.53. The summed E-state index contributed by atoms with van der Waals surface area (Å²) < 4.78 is 16.4. The average Bonchev–Trinajstić information content (AvgIpc) is 2.40. The zero-order valence-corrected chi connectivity index (χ0v) is 12.4. The number of rotatable bonds is 8. The van der Waals surface area contributed by atoms with Crippen LogP contribution >= 0.6 is 0 Å². The van der Waals surface area contributed by atoms with E-state index in [0.717, 1.165) is 0 Å². The van der Waals surface area contributed by atoms with Crippen LogP contribution in [0.2, 0.25) is 0 Å². The van der Waals surface area contributed by atoms with E-state index in [1.807, 2.05) is 20.8 Å². The van der Waals surface area contributed by atoms with Gasteiger partial charge in [0, 0.05) is 13.5 Å². The van der Waals surface area contributed by atoms with Gasteiger partial charge in [-0.3, -0.25) is 0 Å². The van der Waals surface area contributed by atoms with Crippen LogP contribution in [0.3, 0.4) is 0 Å². The largest absolute Gasteiger partial charge is 0.490 e. The highest BCUT2D eigenvalue weighted by Gasteiger charge is 2.20. The van der Waals surface area contributed by atoms with Crippen LogP contribution in [0.25, 0.3) is 0 Å². The Morgan fingerprint density at radius 3 is 2.55 bits per heavy atom. The first-order chi connectivity index (χ1) is 9.41. The van der Waals surface area contributed by atoms with Crippen molar-refractivity contribution in [1.29, 1.82) is 0 Å². The summed E-state index contributed by atoms with van der Waals surface area (Å²) in [7, 11) is 1.64. The van der Waals surface area contributed by atoms with Crippen molar-refractivity contribution in [2.45, 2.75) is 32.8 Å². The molecule has 1 rings (SSSR count). The third kappa shape index (κ3) is 4.42. The molecule has 0 fully saturated rings. The summed E-state index contributed by atoms with van der Waals surface area (Å²) in [6, 6.07) is 4.84. The summed E-state index contributed by atoms with van der Waals surface area (Å²) >= 11 is 0. The first kappa shape index (κ1) is 16.3. The highest BCUT2D eigenvalue weighted by molar-refractivity contribution is 5.92. The lowest BCUT2D eigenvalue weighted by atomic mass is 10.1. The molecule has 0 saturated heterocycles. The minimum atomic E-state index is -1.03. The van der Waals surface area contributed by atoms with Gasteiger partial charge >= 0.3 is 5.97 Å². The van der Waals surface area contributed by atoms with Crippen LogP contribution in [0.4, 0.5) is 0 Å². The van der Waals surface area contributed by atoms with Crippen molar-refractivity contribution in [1.82, 2.24) is 0 Å². The average molecular weight is 282 g/mol. The van der Waals surface area contributed by atoms with E-state index >= 15 is 0 Å². The molecular weight excluding hydrogens is 260 g/mol. The van der Waals surface area contributed by atoms with Crippen LogP contribution in [0, 0.1) is 0 Å². The van der Waals surface area contributed by atoms with Gasteiger partial charge in [0.25, 0.3) is 0 Å². The van der Waals surface area contributed by atoms with Crippen LogP contribution in [0.5, 0.6) is 11.5 Å². The van der Waals surface area contributed by atoms with Crippen molar-refractivity contribution in [3.8, 4) is 11.5 Å². The van der Waals surface area contributed by atoms with Gasteiger partial charge in [0.05, 0.1) is 18.8 Å². The van der Waals surface area contributed by atoms with Gasteiger partial charge in [0.1, 0.15) is 5.56 Å². The molecule has 0 heterocycles. The fourth-order valence-electron chi connectivity index (χ4n) is 1.60. The lowest BCUT2D eigenvalue weighted by Gasteiger charge is -2.23. The molecule has 112 valence electrons. The zero-order valence-electron chi connectivity index (χ0n) is 12.4. The Balaban J connectivity index is 2.88. The van der Waals surface area contributed by atoms with E-state index in [0.29, 0.717) is 25.4 Å². The Hall–Kier alpha value is -1.75. The van der Waals surface area contributed by atoms with Crippen molar-refractivity contribution in [2.24, 2.45) is 0 Å². The standard InChI is InChI=1S/C15H22O5/c1-5-19-12-8-6-7-11(14(16)17)13(12)20-10-9-15(2,3)18-4/h6-8H,5,9-10H2,1-4H3,(H,16,17). The summed E-state index contributed by atoms with van der Waals surface area (Å²) in [5.74, 6) is -0.316. The van der Waals surface area contributed by atoms with Gasteiger partial charge in [-0.1, -0.05) is 6.07 Å². The number of aromatic carboxylic acids is 1. The molecule has 1 aromatic rings. The van der Waals surface area contributed by atoms with Crippen LogP contribution in [0.15, 0.2) is 18.2 Å². The Morgan fingerprint density at radius 2 is 2.00 bits per heavy atom. The highest BCUT2D eigenvalue weighted by atomic mass is 16.5. The lowest BCUT2D eigenvalue weighted by molar-refractivity contribution is 0.00512. The molecule has 20 heavy (non-hydrogen) atoms. The van der Waals surface area contributed by atoms with Gasteiger partial charge in [0.2, 0.25) is 0 Å². The van der Waals surface area contributed by atoms with E-state index in [1.165, 1.54) is 6.07 Å². The number of carboxylic acid groups (broad SMARTS) is 1. The molecule has 1 N–H and O–H groups in total. The third-order valence-corrected chi connectivity index (χ3v) is 3.01. The molecular formula is C15H22O5. The Bertz CT molecular complexity index is 454. The van der Waals surface area contributed by atoms with Gasteiger partial charge < -0.3 is 19.3 Å². The molecule has 1 aromatic carbocycles. The monoisotopic (exact) mass is 282 g/mol. The van der Waals surface area contributed by atoms with E-state index in [9.17, 15) is 9.90 Å². The van der Waals surface area contributed by atoms with Gasteiger partial charge in [0.15, 0.2) is 11.5 Å². The Kier molecular flexibility index (Phi) is 5.82. The SMILES string of the molecule is CCOc1cccc(C(=O)O)c1OCCC(C)(C)OC. The molecule has 0 bridgehead atoms. The molecule has 0 radical (unpaired) electrons. The molecule has 0 aliphatic carbocycles. The van der Waals surface area contributed by atoms with Crippen molar-refractivity contribution in [3.63, 3.8) is 0 Å². The second-order valence-electron chi connectivity index (χ2n) is 4.93. The topological polar surface area (TPSA) is 65.0 Å². The molecule has 0 spiro atoms. The first-order valence-electron chi connectivity index (χ1n) is 6.58. The van der Waals surface area contributed by atoms with Crippen LogP contribution in [-0.4, -0.2) is 37.0 Å². The maximum atomic E-state index is 11.2. The van der Waals surface area contributed by atoms with Crippen LogP contribution in [0.1, 0.15) is 37.6 Å². The molecule has 5 heteroatoms. The van der Waals surface area contributed by atoms with E-state index in [2.05, 4.69) is 0 Å². The number of ether oxygens (including phenoxy) is 3. The molecule has 0 aliphatic rings. The maximum absolute atomic E-state index is 11.2. The van der Waals surface area contributed by atoms with E-state index in [-0.39, 0.29) is 16.9 Å². The Morgan fingerprint density at radius 1 is 1.30 bits per heavy atom. The molecule has 5 nitrogen and oxygen atoms in total. The molecule has 0 saturated carbocycles. The second-order valence-corrected chi connectivity index (χ2v) is 4.93. The maximum Gasteiger partial charge on any atom is 0.339 e. The molecule has 0 aromatic heterocycles. The van der Waals surface area contributed by atoms with Crippen molar-refractivity contribution in [2.75, 3.05) is 20.3 Å². The van der Waals surface area contributed by atoms with Crippen LogP contribution in [-0.2, 0) is 4.74 Å². The number of benzene rings is 1. The molecule has 0 aliphatic heterocycles. The van der Waals surface area contributed by atoms with Gasteiger partial charge in [-0.05, 0) is 32.9 Å². The smallest absolute Gasteiger partial charge is 0.339 e. The number of para-hydroxylation sites is 1.